The molecule has 2 atom stereocenters. The predicted molar refractivity (Wildman–Crippen MR) is 47.2 cm³/mol. The van der Waals surface area contributed by atoms with E-state index in [-0.39, 0.29) is 0 Å². The number of hydrogen-bond donors (Lipinski definition) is 1. The molecule has 2 rings (SSSR count). The molecule has 2 aliphatic carbocycles. The largest absolute Gasteiger partial charge is 0.330 e. The minimum atomic E-state index is 0.907. The average Bonchev–Trinajstić information content (AvgIpc) is 2.46. The van der Waals surface area contributed by atoms with Crippen LogP contribution < -0.4 is 5.73 Å². The zero-order valence-electron chi connectivity index (χ0n) is 7.26. The summed E-state index contributed by atoms with van der Waals surface area (Å²) in [6.45, 7) is 0.907. The highest BCUT2D eigenvalue weighted by Crippen LogP contribution is 2.47. The molecule has 0 aromatic carbocycles. The van der Waals surface area contributed by atoms with Crippen molar-refractivity contribution in [2.24, 2.45) is 23.5 Å². The van der Waals surface area contributed by atoms with Crippen molar-refractivity contribution in [3.63, 3.8) is 0 Å². The van der Waals surface area contributed by atoms with Gasteiger partial charge in [0.15, 0.2) is 0 Å². The zero-order valence-corrected chi connectivity index (χ0v) is 7.26. The summed E-state index contributed by atoms with van der Waals surface area (Å²) in [7, 11) is 0. The third-order valence-electron chi connectivity index (χ3n) is 3.66. The summed E-state index contributed by atoms with van der Waals surface area (Å²) in [5.41, 5.74) is 5.56. The van der Waals surface area contributed by atoms with Crippen LogP contribution in [-0.4, -0.2) is 6.54 Å². The second kappa shape index (κ2) is 3.14. The molecule has 2 aliphatic rings. The van der Waals surface area contributed by atoms with Crippen LogP contribution in [-0.2, 0) is 0 Å². The lowest BCUT2D eigenvalue weighted by Crippen LogP contribution is -2.06. The summed E-state index contributed by atoms with van der Waals surface area (Å²) >= 11 is 0. The van der Waals surface area contributed by atoms with E-state index in [1.807, 2.05) is 0 Å². The summed E-state index contributed by atoms with van der Waals surface area (Å²) in [4.78, 5) is 0. The smallest absolute Gasteiger partial charge is 0.00746 e. The van der Waals surface area contributed by atoms with E-state index in [0.29, 0.717) is 0 Å². The van der Waals surface area contributed by atoms with Crippen molar-refractivity contribution in [3.05, 3.63) is 0 Å². The van der Waals surface area contributed by atoms with Gasteiger partial charge in [0.2, 0.25) is 0 Å². The Hall–Kier alpha value is -0.0400. The SMILES string of the molecule is NCCC1CC2CCCC2C1. The molecule has 2 N–H and O–H groups in total. The van der Waals surface area contributed by atoms with Gasteiger partial charge >= 0.3 is 0 Å². The van der Waals surface area contributed by atoms with Crippen molar-refractivity contribution < 1.29 is 0 Å². The van der Waals surface area contributed by atoms with Crippen LogP contribution in [0.3, 0.4) is 0 Å². The molecule has 64 valence electrons. The monoisotopic (exact) mass is 153 g/mol. The Labute approximate surface area is 69.4 Å². The van der Waals surface area contributed by atoms with Crippen LogP contribution in [0.5, 0.6) is 0 Å². The van der Waals surface area contributed by atoms with Crippen molar-refractivity contribution in [2.45, 2.75) is 38.5 Å². The van der Waals surface area contributed by atoms with Gasteiger partial charge in [0.05, 0.1) is 0 Å². The van der Waals surface area contributed by atoms with Crippen LogP contribution in [0.2, 0.25) is 0 Å². The summed E-state index contributed by atoms with van der Waals surface area (Å²) in [6.07, 6.45) is 8.83. The van der Waals surface area contributed by atoms with Gasteiger partial charge in [-0.3, -0.25) is 0 Å². The van der Waals surface area contributed by atoms with Crippen molar-refractivity contribution in [1.29, 1.82) is 0 Å². The molecule has 11 heavy (non-hydrogen) atoms. The Bertz CT molecular complexity index is 121. The second-order valence-electron chi connectivity index (χ2n) is 4.37. The van der Waals surface area contributed by atoms with Gasteiger partial charge in [-0.1, -0.05) is 19.3 Å². The van der Waals surface area contributed by atoms with Gasteiger partial charge in [-0.15, -0.1) is 0 Å². The molecule has 0 aromatic rings. The highest BCUT2D eigenvalue weighted by Gasteiger charge is 2.36. The molecule has 0 bridgehead atoms. The zero-order chi connectivity index (χ0) is 7.68. The topological polar surface area (TPSA) is 26.0 Å². The lowest BCUT2D eigenvalue weighted by atomic mass is 10.0. The van der Waals surface area contributed by atoms with Crippen molar-refractivity contribution in [1.82, 2.24) is 0 Å². The minimum Gasteiger partial charge on any atom is -0.330 e. The van der Waals surface area contributed by atoms with Gasteiger partial charge in [0, 0.05) is 0 Å². The summed E-state index contributed by atoms with van der Waals surface area (Å²) in [5.74, 6) is 3.20. The van der Waals surface area contributed by atoms with Crippen LogP contribution >= 0.6 is 0 Å². The Morgan fingerprint density at radius 1 is 1.09 bits per heavy atom. The fraction of sp³-hybridized carbons (Fsp3) is 1.00. The Balaban J connectivity index is 1.84. The number of rotatable bonds is 2. The maximum Gasteiger partial charge on any atom is -0.00746 e. The lowest BCUT2D eigenvalue weighted by Gasteiger charge is -2.07. The molecule has 0 radical (unpaired) electrons. The first kappa shape index (κ1) is 7.60. The molecule has 0 amide bonds. The highest BCUT2D eigenvalue weighted by atomic mass is 14.5. The molecular weight excluding hydrogens is 134 g/mol. The molecule has 0 aliphatic heterocycles. The Morgan fingerprint density at radius 2 is 1.73 bits per heavy atom. The standard InChI is InChI=1S/C10H19N/c11-5-4-8-6-9-2-1-3-10(9)7-8/h8-10H,1-7,11H2. The van der Waals surface area contributed by atoms with Crippen molar-refractivity contribution in [3.8, 4) is 0 Å². The van der Waals surface area contributed by atoms with E-state index < -0.39 is 0 Å². The van der Waals surface area contributed by atoms with Crippen molar-refractivity contribution >= 4 is 0 Å². The second-order valence-corrected chi connectivity index (χ2v) is 4.37. The normalized spacial score (nSPS) is 42.8. The highest BCUT2D eigenvalue weighted by molar-refractivity contribution is 4.87. The van der Waals surface area contributed by atoms with Gasteiger partial charge in [0.1, 0.15) is 0 Å². The number of nitrogens with two attached hydrogens (primary N) is 1. The predicted octanol–water partition coefficient (Wildman–Crippen LogP) is 2.16. The number of hydrogen-bond acceptors (Lipinski definition) is 1. The third-order valence-corrected chi connectivity index (χ3v) is 3.66. The molecular formula is C10H19N. The average molecular weight is 153 g/mol. The van der Waals surface area contributed by atoms with E-state index in [9.17, 15) is 0 Å². The van der Waals surface area contributed by atoms with Crippen LogP contribution in [0.25, 0.3) is 0 Å². The van der Waals surface area contributed by atoms with E-state index in [1.165, 1.54) is 38.5 Å². The molecule has 2 saturated carbocycles. The molecule has 2 fully saturated rings. The van der Waals surface area contributed by atoms with E-state index in [0.717, 1.165) is 24.3 Å². The summed E-state index contributed by atoms with van der Waals surface area (Å²) in [5, 5.41) is 0. The molecule has 1 heteroatoms. The fourth-order valence-electron chi connectivity index (χ4n) is 3.16. The van der Waals surface area contributed by atoms with E-state index in [1.54, 1.807) is 0 Å². The van der Waals surface area contributed by atoms with Crippen LogP contribution in [0.15, 0.2) is 0 Å². The third kappa shape index (κ3) is 1.44. The molecule has 0 spiro atoms. The Kier molecular flexibility index (Phi) is 2.17. The summed E-state index contributed by atoms with van der Waals surface area (Å²) in [6, 6.07) is 0. The van der Waals surface area contributed by atoms with Gasteiger partial charge < -0.3 is 5.73 Å². The van der Waals surface area contributed by atoms with Crippen LogP contribution in [0, 0.1) is 17.8 Å². The maximum absolute atomic E-state index is 5.56. The first-order chi connectivity index (χ1) is 5.40. The Morgan fingerprint density at radius 3 is 2.27 bits per heavy atom. The fourth-order valence-corrected chi connectivity index (χ4v) is 3.16. The molecule has 0 saturated heterocycles. The van der Waals surface area contributed by atoms with Gasteiger partial charge in [-0.05, 0) is 43.6 Å². The van der Waals surface area contributed by atoms with Crippen LogP contribution in [0.4, 0.5) is 0 Å². The van der Waals surface area contributed by atoms with E-state index in [4.69, 9.17) is 5.73 Å². The molecule has 2 unspecified atom stereocenters. The van der Waals surface area contributed by atoms with Gasteiger partial charge in [0.25, 0.3) is 0 Å². The van der Waals surface area contributed by atoms with E-state index in [2.05, 4.69) is 0 Å². The van der Waals surface area contributed by atoms with Gasteiger partial charge in [-0.25, -0.2) is 0 Å². The lowest BCUT2D eigenvalue weighted by molar-refractivity contribution is 0.457. The molecule has 0 aromatic heterocycles. The van der Waals surface area contributed by atoms with Gasteiger partial charge in [-0.2, -0.15) is 0 Å². The molecule has 1 nitrogen and oxygen atoms in total. The minimum absolute atomic E-state index is 0.907. The van der Waals surface area contributed by atoms with E-state index >= 15 is 0 Å². The first-order valence-corrected chi connectivity index (χ1v) is 5.10. The number of fused-ring (bicyclic) bond motifs is 1. The van der Waals surface area contributed by atoms with Crippen molar-refractivity contribution in [2.75, 3.05) is 6.54 Å². The quantitative estimate of drug-likeness (QED) is 0.646. The molecule has 0 heterocycles. The maximum atomic E-state index is 5.56. The summed E-state index contributed by atoms with van der Waals surface area (Å²) < 4.78 is 0. The van der Waals surface area contributed by atoms with Crippen LogP contribution in [0.1, 0.15) is 38.5 Å². The first-order valence-electron chi connectivity index (χ1n) is 5.10.